The minimum atomic E-state index is -1.56. The largest absolute Gasteiger partial charge is 0.476 e. The average Bonchev–Trinajstić information content (AvgIpc) is 2.01. The maximum absolute atomic E-state index is 12.7. The summed E-state index contributed by atoms with van der Waals surface area (Å²) < 4.78 is 12.7. The zero-order valence-electron chi connectivity index (χ0n) is 7.91. The molecule has 0 unspecified atom stereocenters. The van der Waals surface area contributed by atoms with Crippen molar-refractivity contribution >= 4 is 12.0 Å². The molecule has 4 heteroatoms. The zero-order valence-corrected chi connectivity index (χ0v) is 7.91. The number of nitrogens with zero attached hydrogens (tertiary/aromatic N) is 1. The Morgan fingerprint density at radius 1 is 1.43 bits per heavy atom. The van der Waals surface area contributed by atoms with Crippen LogP contribution in [0.15, 0.2) is 18.0 Å². The summed E-state index contributed by atoms with van der Waals surface area (Å²) in [6, 6.07) is 3.24. The molecule has 0 spiro atoms. The predicted octanol–water partition coefficient (Wildman–Crippen LogP) is 2.09. The molecule has 0 aliphatic rings. The zero-order chi connectivity index (χ0) is 10.7. The minimum absolute atomic E-state index is 0.509. The molecule has 1 aromatic heterocycles. The van der Waals surface area contributed by atoms with Crippen LogP contribution in [-0.4, -0.2) is 16.1 Å². The highest BCUT2D eigenvalue weighted by atomic mass is 19.1. The van der Waals surface area contributed by atoms with E-state index in [1.54, 1.807) is 26.0 Å². The van der Waals surface area contributed by atoms with E-state index >= 15 is 0 Å². The molecule has 0 radical (unpaired) electrons. The van der Waals surface area contributed by atoms with Gasteiger partial charge in [0.15, 0.2) is 0 Å². The van der Waals surface area contributed by atoms with E-state index in [0.717, 1.165) is 17.5 Å². The van der Waals surface area contributed by atoms with Crippen LogP contribution in [0.3, 0.4) is 0 Å². The molecule has 0 saturated heterocycles. The molecule has 0 fully saturated rings. The lowest BCUT2D eigenvalue weighted by Crippen LogP contribution is -1.95. The van der Waals surface area contributed by atoms with Gasteiger partial charge in [0.05, 0.1) is 0 Å². The van der Waals surface area contributed by atoms with Crippen LogP contribution in [0.25, 0.3) is 6.08 Å². The van der Waals surface area contributed by atoms with E-state index in [2.05, 4.69) is 4.98 Å². The molecular weight excluding hydrogens is 185 g/mol. The highest BCUT2D eigenvalue weighted by Gasteiger charge is 2.05. The number of carbonyl (C=O) groups is 1. The Bertz CT molecular complexity index is 379. The summed E-state index contributed by atoms with van der Waals surface area (Å²) in [5.74, 6) is -2.73. The van der Waals surface area contributed by atoms with Crippen molar-refractivity contribution in [2.24, 2.45) is 0 Å². The normalized spacial score (nSPS) is 11.5. The fourth-order valence-electron chi connectivity index (χ4n) is 1.16. The maximum Gasteiger partial charge on any atom is 0.364 e. The molecule has 0 amide bonds. The second-order valence-corrected chi connectivity index (χ2v) is 2.98. The van der Waals surface area contributed by atoms with Gasteiger partial charge in [-0.25, -0.2) is 4.79 Å². The van der Waals surface area contributed by atoms with Gasteiger partial charge in [-0.15, -0.1) is 0 Å². The van der Waals surface area contributed by atoms with Crippen LogP contribution in [-0.2, 0) is 4.79 Å². The fraction of sp³-hybridized carbons (Fsp3) is 0.200. The third-order valence-corrected chi connectivity index (χ3v) is 1.60. The molecule has 1 rings (SSSR count). The summed E-state index contributed by atoms with van der Waals surface area (Å²) in [4.78, 5) is 14.3. The topological polar surface area (TPSA) is 50.2 Å². The van der Waals surface area contributed by atoms with Crippen LogP contribution in [0.5, 0.6) is 0 Å². The van der Waals surface area contributed by atoms with E-state index in [9.17, 15) is 9.18 Å². The van der Waals surface area contributed by atoms with Crippen LogP contribution < -0.4 is 0 Å². The predicted molar refractivity (Wildman–Crippen MR) is 50.4 cm³/mol. The van der Waals surface area contributed by atoms with Gasteiger partial charge in [-0.2, -0.15) is 4.39 Å². The molecule has 1 heterocycles. The smallest absolute Gasteiger partial charge is 0.364 e. The Balaban J connectivity index is 3.08. The molecule has 0 atom stereocenters. The number of hydrogen-bond donors (Lipinski definition) is 1. The number of carboxylic acid groups (broad SMARTS) is 1. The second-order valence-electron chi connectivity index (χ2n) is 2.98. The van der Waals surface area contributed by atoms with E-state index in [4.69, 9.17) is 5.11 Å². The molecule has 0 aromatic carbocycles. The van der Waals surface area contributed by atoms with Crippen molar-refractivity contribution in [3.05, 3.63) is 34.9 Å². The van der Waals surface area contributed by atoms with Crippen molar-refractivity contribution in [1.29, 1.82) is 0 Å². The number of hydrogen-bond acceptors (Lipinski definition) is 2. The molecule has 74 valence electrons. The van der Waals surface area contributed by atoms with Crippen molar-refractivity contribution in [3.63, 3.8) is 0 Å². The van der Waals surface area contributed by atoms with Gasteiger partial charge in [0.2, 0.25) is 5.83 Å². The van der Waals surface area contributed by atoms with Gasteiger partial charge >= 0.3 is 5.97 Å². The Labute approximate surface area is 80.9 Å². The van der Waals surface area contributed by atoms with Crippen LogP contribution >= 0.6 is 0 Å². The van der Waals surface area contributed by atoms with Crippen molar-refractivity contribution in [2.75, 3.05) is 0 Å². The van der Waals surface area contributed by atoms with E-state index in [0.29, 0.717) is 5.56 Å². The number of rotatable bonds is 2. The first-order valence-electron chi connectivity index (χ1n) is 4.05. The third kappa shape index (κ3) is 2.65. The lowest BCUT2D eigenvalue weighted by atomic mass is 10.2. The van der Waals surface area contributed by atoms with Crippen LogP contribution in [0, 0.1) is 13.8 Å². The van der Waals surface area contributed by atoms with Gasteiger partial charge in [0.1, 0.15) is 0 Å². The molecule has 1 N–H and O–H groups in total. The number of carboxylic acids is 1. The summed E-state index contributed by atoms with van der Waals surface area (Å²) in [5, 5.41) is 8.32. The highest BCUT2D eigenvalue weighted by molar-refractivity contribution is 5.89. The van der Waals surface area contributed by atoms with E-state index in [1.165, 1.54) is 0 Å². The molecule has 0 aliphatic heterocycles. The van der Waals surface area contributed by atoms with Crippen molar-refractivity contribution < 1.29 is 14.3 Å². The number of halogens is 1. The van der Waals surface area contributed by atoms with Gasteiger partial charge in [-0.1, -0.05) is 0 Å². The quantitative estimate of drug-likeness (QED) is 0.735. The molecule has 1 aromatic rings. The summed E-state index contributed by atoms with van der Waals surface area (Å²) in [5.41, 5.74) is 1.97. The lowest BCUT2D eigenvalue weighted by Gasteiger charge is -1.98. The van der Waals surface area contributed by atoms with E-state index < -0.39 is 11.8 Å². The van der Waals surface area contributed by atoms with Gasteiger partial charge in [-0.3, -0.25) is 4.98 Å². The van der Waals surface area contributed by atoms with Gasteiger partial charge in [-0.05, 0) is 37.6 Å². The third-order valence-electron chi connectivity index (χ3n) is 1.60. The Hall–Kier alpha value is -1.71. The fourth-order valence-corrected chi connectivity index (χ4v) is 1.16. The van der Waals surface area contributed by atoms with Gasteiger partial charge < -0.3 is 5.11 Å². The standard InChI is InChI=1S/C10H10FNO2/c1-6-3-8(4-7(2)12-6)5-9(11)10(13)14/h3-5H,1-2H3,(H,13,14). The Kier molecular flexibility index (Phi) is 2.96. The van der Waals surface area contributed by atoms with Gasteiger partial charge in [0.25, 0.3) is 0 Å². The first-order valence-corrected chi connectivity index (χ1v) is 4.05. The van der Waals surface area contributed by atoms with Crippen molar-refractivity contribution in [1.82, 2.24) is 4.98 Å². The highest BCUT2D eigenvalue weighted by Crippen LogP contribution is 2.10. The number of aliphatic carboxylic acids is 1. The lowest BCUT2D eigenvalue weighted by molar-refractivity contribution is -0.134. The number of aromatic nitrogens is 1. The summed E-state index contributed by atoms with van der Waals surface area (Å²) >= 11 is 0. The van der Waals surface area contributed by atoms with Crippen molar-refractivity contribution in [2.45, 2.75) is 13.8 Å². The monoisotopic (exact) mass is 195 g/mol. The molecule has 0 bridgehead atoms. The van der Waals surface area contributed by atoms with Crippen molar-refractivity contribution in [3.8, 4) is 0 Å². The first kappa shape index (κ1) is 10.4. The van der Waals surface area contributed by atoms with E-state index in [1.807, 2.05) is 0 Å². The second kappa shape index (κ2) is 4.00. The Morgan fingerprint density at radius 2 is 1.93 bits per heavy atom. The Morgan fingerprint density at radius 3 is 2.36 bits per heavy atom. The molecule has 14 heavy (non-hydrogen) atoms. The molecule has 0 saturated carbocycles. The summed E-state index contributed by atoms with van der Waals surface area (Å²) in [6.45, 7) is 3.53. The van der Waals surface area contributed by atoms with Gasteiger partial charge in [0, 0.05) is 11.4 Å². The number of pyridine rings is 1. The molecule has 0 aliphatic carbocycles. The maximum atomic E-state index is 12.7. The van der Waals surface area contributed by atoms with Crippen LogP contribution in [0.2, 0.25) is 0 Å². The molecule has 3 nitrogen and oxygen atoms in total. The first-order chi connectivity index (χ1) is 6.49. The SMILES string of the molecule is Cc1cc(C=C(F)C(=O)O)cc(C)n1. The van der Waals surface area contributed by atoms with E-state index in [-0.39, 0.29) is 0 Å². The van der Waals surface area contributed by atoms with Crippen LogP contribution in [0.1, 0.15) is 17.0 Å². The average molecular weight is 195 g/mol. The molecular formula is C10H10FNO2. The number of aryl methyl sites for hydroxylation is 2. The summed E-state index contributed by atoms with van der Waals surface area (Å²) in [6.07, 6.45) is 0.976. The van der Waals surface area contributed by atoms with Crippen LogP contribution in [0.4, 0.5) is 4.39 Å². The minimum Gasteiger partial charge on any atom is -0.476 e. The summed E-state index contributed by atoms with van der Waals surface area (Å²) in [7, 11) is 0.